The van der Waals surface area contributed by atoms with Crippen LogP contribution < -0.4 is 15.9 Å². The molecular weight excluding hydrogens is 826 g/mol. The van der Waals surface area contributed by atoms with E-state index in [-0.39, 0.29) is 0 Å². The molecule has 0 aliphatic rings. The summed E-state index contributed by atoms with van der Waals surface area (Å²) in [5.41, 5.74) is 11.2. The molecule has 0 saturated carbocycles. The smallest absolute Gasteiger partial charge is 0.0544 e. The number of pyridine rings is 1. The van der Waals surface area contributed by atoms with Gasteiger partial charge in [0.25, 0.3) is 0 Å². The predicted octanol–water partition coefficient (Wildman–Crippen LogP) is 14.0. The Kier molecular flexibility index (Phi) is 10.5. The third-order valence-electron chi connectivity index (χ3n) is 12.0. The number of nitrogens with zero attached hydrogens (tertiary/aromatic N) is 3. The van der Waals surface area contributed by atoms with Gasteiger partial charge in [-0.15, -0.1) is 0 Å². The molecule has 0 N–H and O–H groups in total. The largest absolute Gasteiger partial charge is 0.0617 e. The number of thiophene rings is 2. The molecular formula is C56H40N3OPS2. The van der Waals surface area contributed by atoms with Crippen LogP contribution in [0.3, 0.4) is 0 Å². The molecule has 4 heterocycles. The molecule has 63 heavy (non-hydrogen) atoms. The topological polar surface area (TPSA) is 51.8 Å². The number of hydrogen-bond acceptors (Lipinski definition) is 6. The van der Waals surface area contributed by atoms with Crippen molar-refractivity contribution in [2.75, 3.05) is 0 Å². The van der Waals surface area contributed by atoms with Crippen molar-refractivity contribution in [3.8, 4) is 64.1 Å². The summed E-state index contributed by atoms with van der Waals surface area (Å²) in [6, 6.07) is 80.6. The van der Waals surface area contributed by atoms with Gasteiger partial charge in [-0.3, -0.25) is 0 Å². The first-order valence-corrected chi connectivity index (χ1v) is 24.9. The van der Waals surface area contributed by atoms with E-state index in [2.05, 4.69) is 230 Å². The summed E-state index contributed by atoms with van der Waals surface area (Å²) in [6.07, 6.45) is 0.689. The fourth-order valence-electron chi connectivity index (χ4n) is 8.84. The molecule has 7 aromatic carbocycles. The van der Waals surface area contributed by atoms with Crippen LogP contribution in [-0.2, 0) is 6.16 Å². The first-order valence-electron chi connectivity index (χ1n) is 21.1. The van der Waals surface area contributed by atoms with E-state index in [9.17, 15) is 0 Å². The van der Waals surface area contributed by atoms with Gasteiger partial charge in [-0.1, -0.05) is 48.5 Å². The van der Waals surface area contributed by atoms with Crippen LogP contribution in [0.5, 0.6) is 0 Å². The summed E-state index contributed by atoms with van der Waals surface area (Å²) in [4.78, 5) is 10.2. The molecule has 0 unspecified atom stereocenters. The minimum Gasteiger partial charge on any atom is -0.0617 e. The Morgan fingerprint density at radius 3 is 1.19 bits per heavy atom. The molecule has 11 rings (SSSR count). The van der Waals surface area contributed by atoms with Crippen molar-refractivity contribution < 1.29 is 4.63 Å². The van der Waals surface area contributed by atoms with Crippen molar-refractivity contribution in [1.82, 2.24) is 15.3 Å². The van der Waals surface area contributed by atoms with Gasteiger partial charge in [0.1, 0.15) is 0 Å². The number of hydrogen-bond donors (Lipinski definition) is 0. The van der Waals surface area contributed by atoms with Crippen LogP contribution in [0.2, 0.25) is 0 Å². The SMILES string of the molecule is c1ccc(-c2ccc(-c3ccc(-c4nc(C[PH](c5ccccc5)(c5ccccc5)c5ccccc5)c(-c5ccc(-c6ccc(-c7ccccc7)cc6)s5)c5nonc45)s3)cc2)cc1. The van der Waals surface area contributed by atoms with Crippen molar-refractivity contribution in [3.05, 3.63) is 230 Å². The maximum Gasteiger partial charge on any atom is -0.0544 e. The summed E-state index contributed by atoms with van der Waals surface area (Å²) in [5, 5.41) is 13.3. The first-order chi connectivity index (χ1) is 31.2. The molecule has 302 valence electrons. The Morgan fingerprint density at radius 1 is 0.349 bits per heavy atom. The second-order valence-corrected chi connectivity index (χ2v) is 21.7. The van der Waals surface area contributed by atoms with E-state index >= 15 is 0 Å². The molecule has 11 aromatic rings. The van der Waals surface area contributed by atoms with E-state index in [0.29, 0.717) is 11.7 Å². The summed E-state index contributed by atoms with van der Waals surface area (Å²) in [7, 11) is -2.83. The van der Waals surface area contributed by atoms with E-state index in [0.717, 1.165) is 48.2 Å². The van der Waals surface area contributed by atoms with Crippen molar-refractivity contribution in [2.24, 2.45) is 0 Å². The van der Waals surface area contributed by atoms with E-state index in [1.54, 1.807) is 22.7 Å². The van der Waals surface area contributed by atoms with Crippen LogP contribution >= 0.6 is 29.9 Å². The normalized spacial score (nSPS) is 11.8. The van der Waals surface area contributed by atoms with Gasteiger partial charge >= 0.3 is 329 Å². The molecule has 0 fully saturated rings. The summed E-state index contributed by atoms with van der Waals surface area (Å²) in [5.74, 6) is 0. The minimum absolute atomic E-state index is 0.662. The average molecular weight is 866 g/mol. The molecule has 0 aliphatic heterocycles. The van der Waals surface area contributed by atoms with Gasteiger partial charge in [0.15, 0.2) is 0 Å². The van der Waals surface area contributed by atoms with E-state index in [1.807, 2.05) is 0 Å². The van der Waals surface area contributed by atoms with Gasteiger partial charge in [-0.25, -0.2) is 0 Å². The molecule has 0 aliphatic carbocycles. The van der Waals surface area contributed by atoms with Crippen LogP contribution in [0.15, 0.2) is 229 Å². The van der Waals surface area contributed by atoms with Gasteiger partial charge in [-0.2, -0.15) is 0 Å². The number of rotatable bonds is 11. The maximum atomic E-state index is 5.76. The van der Waals surface area contributed by atoms with Crippen molar-refractivity contribution in [3.63, 3.8) is 0 Å². The zero-order valence-electron chi connectivity index (χ0n) is 34.1. The van der Waals surface area contributed by atoms with Crippen LogP contribution in [0, 0.1) is 0 Å². The molecule has 4 aromatic heterocycles. The van der Waals surface area contributed by atoms with Gasteiger partial charge in [0.2, 0.25) is 0 Å². The van der Waals surface area contributed by atoms with Crippen LogP contribution in [0.4, 0.5) is 0 Å². The molecule has 0 radical (unpaired) electrons. The Bertz CT molecular complexity index is 3180. The third kappa shape index (κ3) is 7.43. The zero-order chi connectivity index (χ0) is 42.0. The quantitative estimate of drug-likeness (QED) is 0.122. The fraction of sp³-hybridized carbons (Fsp3) is 0.0179. The number of aromatic nitrogens is 3. The second kappa shape index (κ2) is 17.0. The molecule has 0 atom stereocenters. The van der Waals surface area contributed by atoms with Gasteiger partial charge in [-0.05, 0) is 0 Å². The Labute approximate surface area is 375 Å². The van der Waals surface area contributed by atoms with Crippen molar-refractivity contribution in [2.45, 2.75) is 6.16 Å². The van der Waals surface area contributed by atoms with Crippen molar-refractivity contribution in [1.29, 1.82) is 0 Å². The first kappa shape index (κ1) is 38.8. The van der Waals surface area contributed by atoms with Crippen LogP contribution in [0.25, 0.3) is 75.2 Å². The fourth-order valence-corrected chi connectivity index (χ4v) is 15.6. The van der Waals surface area contributed by atoms with Crippen molar-refractivity contribution >= 4 is 56.9 Å². The Morgan fingerprint density at radius 2 is 0.714 bits per heavy atom. The predicted molar refractivity (Wildman–Crippen MR) is 268 cm³/mol. The van der Waals surface area contributed by atoms with Crippen LogP contribution in [-0.4, -0.2) is 15.3 Å². The molecule has 0 saturated heterocycles. The Balaban J connectivity index is 1.08. The minimum atomic E-state index is -2.83. The summed E-state index contributed by atoms with van der Waals surface area (Å²) < 4.78 is 5.70. The van der Waals surface area contributed by atoms with Gasteiger partial charge in [0.05, 0.1) is 0 Å². The molecule has 0 bridgehead atoms. The summed E-state index contributed by atoms with van der Waals surface area (Å²) >= 11 is 3.48. The molecule has 0 spiro atoms. The second-order valence-electron chi connectivity index (χ2n) is 15.6. The number of benzene rings is 7. The van der Waals surface area contributed by atoms with Gasteiger partial charge in [0, 0.05) is 0 Å². The molecule has 7 heteroatoms. The third-order valence-corrected chi connectivity index (χ3v) is 19.1. The van der Waals surface area contributed by atoms with E-state index in [4.69, 9.17) is 14.8 Å². The molecule has 4 nitrogen and oxygen atoms in total. The van der Waals surface area contributed by atoms with Crippen LogP contribution in [0.1, 0.15) is 5.69 Å². The Hall–Kier alpha value is -7.08. The van der Waals surface area contributed by atoms with Gasteiger partial charge < -0.3 is 0 Å². The number of fused-ring (bicyclic) bond motifs is 1. The standard InChI is InChI=1S/C56H40N3OPS2/c1-6-16-39(17-7-1)41-26-30-43(31-27-41)49-34-36-51(62-49)53-48(38-61(45-20-10-3-11-21-45,46-22-12-4-13-23-46)47-24-14-5-15-25-47)57-54(56-55(53)58-60-59-56)52-37-35-50(63-52)44-32-28-42(29-33-44)40-18-8-2-9-19-40/h1-37,61H,38H2. The maximum absolute atomic E-state index is 5.76. The monoisotopic (exact) mass is 865 g/mol. The zero-order valence-corrected chi connectivity index (χ0v) is 36.8. The average Bonchev–Trinajstić information content (AvgIpc) is 4.18. The van der Waals surface area contributed by atoms with E-state index in [1.165, 1.54) is 43.0 Å². The summed E-state index contributed by atoms with van der Waals surface area (Å²) in [6.45, 7) is 0. The van der Waals surface area contributed by atoms with E-state index < -0.39 is 7.26 Å². The molecule has 0 amide bonds.